The number of hydrogen-bond acceptors (Lipinski definition) is 15. The number of cyclic esters (lactones) is 1. The number of ether oxygens (including phenoxy) is 8. The van der Waals surface area contributed by atoms with Crippen molar-refractivity contribution in [2.24, 2.45) is 22.2 Å². The van der Waals surface area contributed by atoms with Crippen LogP contribution >= 0.6 is 0 Å². The van der Waals surface area contributed by atoms with E-state index in [4.69, 9.17) is 42.3 Å². The molecule has 1 spiro atoms. The number of fused-ring (bicyclic) bond motifs is 4. The van der Waals surface area contributed by atoms with E-state index in [-0.39, 0.29) is 24.8 Å². The van der Waals surface area contributed by atoms with Crippen molar-refractivity contribution in [3.63, 3.8) is 0 Å². The van der Waals surface area contributed by atoms with E-state index in [2.05, 4.69) is 0 Å². The first-order valence-corrected chi connectivity index (χ1v) is 16.6. The molecule has 0 aromatic carbocycles. The largest absolute Gasteiger partial charge is 0.472 e. The SMILES string of the molecule is COC(=O)C[C@@H]1[C@@]2(C)C[C@@]3(O)[C@@](OC(C)=O)([C@@H]2OC(C)=O)[C@H]2O[C@]4(C)O[C@]5(C[C@@H](OC(C)=O)[C@@]6(C)C(=CC(=O)O[C@H]6c6ccoc6)[C@]25O4)[C@@]13C. The Morgan fingerprint density at radius 2 is 1.70 bits per heavy atom. The molecule has 8 rings (SSSR count). The summed E-state index contributed by atoms with van der Waals surface area (Å²) >= 11 is 0. The molecule has 0 radical (unpaired) electrons. The Kier molecular flexibility index (Phi) is 6.37. The second-order valence-corrected chi connectivity index (χ2v) is 15.6. The Labute approximate surface area is 286 Å². The van der Waals surface area contributed by atoms with Gasteiger partial charge in [0, 0.05) is 63.0 Å². The van der Waals surface area contributed by atoms with Crippen LogP contribution in [0, 0.1) is 22.2 Å². The van der Waals surface area contributed by atoms with Crippen LogP contribution in [0.5, 0.6) is 0 Å². The predicted molar refractivity (Wildman–Crippen MR) is 161 cm³/mol. The number of rotatable bonds is 6. The molecule has 0 unspecified atom stereocenters. The molecule has 3 aliphatic heterocycles. The van der Waals surface area contributed by atoms with Gasteiger partial charge in [0.25, 0.3) is 5.97 Å². The first kappa shape index (κ1) is 33.4. The predicted octanol–water partition coefficient (Wildman–Crippen LogP) is 2.33. The highest BCUT2D eigenvalue weighted by Crippen LogP contribution is 2.88. The molecule has 2 saturated heterocycles. The summed E-state index contributed by atoms with van der Waals surface area (Å²) in [5.41, 5.74) is -11.6. The van der Waals surface area contributed by atoms with Gasteiger partial charge >= 0.3 is 29.8 Å². The maximum atomic E-state index is 13.7. The van der Waals surface area contributed by atoms with Crippen LogP contribution in [0.25, 0.3) is 0 Å². The summed E-state index contributed by atoms with van der Waals surface area (Å²) in [7, 11) is 1.24. The molecule has 7 aliphatic rings. The summed E-state index contributed by atoms with van der Waals surface area (Å²) in [6.07, 6.45) is -1.52. The molecule has 4 heterocycles. The second-order valence-electron chi connectivity index (χ2n) is 15.6. The minimum absolute atomic E-state index is 0.130. The quantitative estimate of drug-likeness (QED) is 0.336. The minimum atomic E-state index is -2.17. The van der Waals surface area contributed by atoms with E-state index in [0.717, 1.165) is 0 Å². The third-order valence-electron chi connectivity index (χ3n) is 13.4. The van der Waals surface area contributed by atoms with Crippen molar-refractivity contribution in [2.45, 2.75) is 121 Å². The van der Waals surface area contributed by atoms with Gasteiger partial charge in [-0.1, -0.05) is 13.8 Å². The fourth-order valence-corrected chi connectivity index (χ4v) is 12.1. The molecule has 6 fully saturated rings. The number of carbonyl (C=O) groups excluding carboxylic acids is 5. The topological polar surface area (TPSA) is 193 Å². The molecular weight excluding hydrogens is 660 g/mol. The summed E-state index contributed by atoms with van der Waals surface area (Å²) in [5, 5.41) is 13.6. The van der Waals surface area contributed by atoms with Gasteiger partial charge in [0.1, 0.15) is 29.5 Å². The van der Waals surface area contributed by atoms with Crippen LogP contribution in [0.2, 0.25) is 0 Å². The monoisotopic (exact) mass is 700 g/mol. The van der Waals surface area contributed by atoms with Crippen molar-refractivity contribution in [2.75, 3.05) is 7.11 Å². The number of aliphatic hydroxyl groups is 1. The van der Waals surface area contributed by atoms with Crippen molar-refractivity contribution in [3.8, 4) is 0 Å². The lowest BCUT2D eigenvalue weighted by Crippen LogP contribution is -2.93. The lowest BCUT2D eigenvalue weighted by molar-refractivity contribution is -0.446. The summed E-state index contributed by atoms with van der Waals surface area (Å²) < 4.78 is 55.7. The molecule has 4 aliphatic carbocycles. The zero-order chi connectivity index (χ0) is 36.2. The highest BCUT2D eigenvalue weighted by molar-refractivity contribution is 5.86. The normalized spacial score (nSPS) is 50.1. The summed E-state index contributed by atoms with van der Waals surface area (Å²) in [4.78, 5) is 66.3. The zero-order valence-electron chi connectivity index (χ0n) is 29.0. The van der Waals surface area contributed by atoms with E-state index < -0.39 is 105 Å². The van der Waals surface area contributed by atoms with Gasteiger partial charge in [-0.25, -0.2) is 4.79 Å². The van der Waals surface area contributed by atoms with E-state index in [0.29, 0.717) is 5.56 Å². The van der Waals surface area contributed by atoms with Gasteiger partial charge in [0.15, 0.2) is 11.7 Å². The van der Waals surface area contributed by atoms with Crippen LogP contribution in [-0.4, -0.2) is 88.8 Å². The minimum Gasteiger partial charge on any atom is -0.472 e. The van der Waals surface area contributed by atoms with Gasteiger partial charge in [-0.15, -0.1) is 0 Å². The first-order valence-electron chi connectivity index (χ1n) is 16.6. The zero-order valence-corrected chi connectivity index (χ0v) is 29.0. The van der Waals surface area contributed by atoms with E-state index >= 15 is 0 Å². The average molecular weight is 701 g/mol. The maximum absolute atomic E-state index is 13.7. The molecule has 0 amide bonds. The molecule has 4 saturated carbocycles. The Balaban J connectivity index is 1.50. The van der Waals surface area contributed by atoms with Crippen LogP contribution in [0.1, 0.15) is 79.4 Å². The van der Waals surface area contributed by atoms with E-state index in [1.54, 1.807) is 26.8 Å². The fourth-order valence-electron chi connectivity index (χ4n) is 12.1. The van der Waals surface area contributed by atoms with Crippen molar-refractivity contribution in [1.29, 1.82) is 0 Å². The summed E-state index contributed by atoms with van der Waals surface area (Å²) in [5.74, 6) is -6.37. The number of methoxy groups -OCH3 is 1. The molecular formula is C35H40O15. The van der Waals surface area contributed by atoms with E-state index in [9.17, 15) is 29.1 Å². The lowest BCUT2D eigenvalue weighted by atomic mass is 9.34. The molecule has 1 aromatic heterocycles. The molecule has 1 aromatic rings. The smallest absolute Gasteiger partial charge is 0.331 e. The van der Waals surface area contributed by atoms with Gasteiger partial charge in [0.05, 0.1) is 25.1 Å². The van der Waals surface area contributed by atoms with Crippen LogP contribution < -0.4 is 0 Å². The first-order chi connectivity index (χ1) is 23.3. The van der Waals surface area contributed by atoms with Gasteiger partial charge in [-0.2, -0.15) is 0 Å². The highest BCUT2D eigenvalue weighted by atomic mass is 17.0. The number of carbonyl (C=O) groups is 5. The third kappa shape index (κ3) is 3.30. The Morgan fingerprint density at radius 3 is 2.30 bits per heavy atom. The number of hydrogen-bond donors (Lipinski definition) is 1. The summed E-state index contributed by atoms with van der Waals surface area (Å²) in [6.45, 7) is 10.4. The number of esters is 5. The van der Waals surface area contributed by atoms with Gasteiger partial charge < -0.3 is 47.4 Å². The molecule has 4 bridgehead atoms. The van der Waals surface area contributed by atoms with E-state index in [1.165, 1.54) is 53.4 Å². The van der Waals surface area contributed by atoms with Crippen LogP contribution in [-0.2, 0) is 61.9 Å². The molecule has 13 atom stereocenters. The van der Waals surface area contributed by atoms with Crippen molar-refractivity contribution in [3.05, 3.63) is 35.8 Å². The second kappa shape index (κ2) is 9.55. The lowest BCUT2D eigenvalue weighted by Gasteiger charge is -2.76. The molecule has 270 valence electrons. The highest BCUT2D eigenvalue weighted by Gasteiger charge is 3.03. The van der Waals surface area contributed by atoms with Crippen molar-refractivity contribution < 1.29 is 71.4 Å². The van der Waals surface area contributed by atoms with Crippen LogP contribution in [0.4, 0.5) is 0 Å². The van der Waals surface area contributed by atoms with E-state index in [1.807, 2.05) is 0 Å². The maximum Gasteiger partial charge on any atom is 0.331 e. The Hall–Kier alpha value is -3.79. The molecule has 50 heavy (non-hydrogen) atoms. The Bertz CT molecular complexity index is 1790. The van der Waals surface area contributed by atoms with Gasteiger partial charge in [-0.3, -0.25) is 19.2 Å². The van der Waals surface area contributed by atoms with Crippen molar-refractivity contribution in [1.82, 2.24) is 0 Å². The Morgan fingerprint density at radius 1 is 1.00 bits per heavy atom. The van der Waals surface area contributed by atoms with Crippen LogP contribution in [0.15, 0.2) is 34.7 Å². The number of furan rings is 1. The molecule has 15 nitrogen and oxygen atoms in total. The van der Waals surface area contributed by atoms with Crippen molar-refractivity contribution >= 4 is 29.8 Å². The third-order valence-corrected chi connectivity index (χ3v) is 13.4. The standard InChI is InChI=1S/C35H40O15/c1-16(36)44-22-13-33-30(6)20(11-23(39)42-8)28(4)15-32(30,41)35(47-18(3)38,26(28)45-17(2)37)27-34(33,50-31(7,48-27)49-33)21-12-24(40)46-25(29(21,22)5)19-9-10-43-14-19/h9-10,12,14,20,22,25-27,41H,11,13,15H2,1-8H3/t20-,22-,25+,26-,27+,28-,29-,30+,31-,32+,33-,34+,35-/m1/s1. The molecule has 1 N–H and O–H groups in total. The molecule has 15 heteroatoms. The average Bonchev–Trinajstić information content (AvgIpc) is 3.78. The summed E-state index contributed by atoms with van der Waals surface area (Å²) in [6, 6.07) is 1.62. The van der Waals surface area contributed by atoms with Gasteiger partial charge in [0.2, 0.25) is 5.60 Å². The van der Waals surface area contributed by atoms with Crippen LogP contribution in [0.3, 0.4) is 0 Å². The van der Waals surface area contributed by atoms with Gasteiger partial charge in [-0.05, 0) is 30.9 Å². The fraction of sp³-hybridized carbons (Fsp3) is 0.686.